The van der Waals surface area contributed by atoms with Crippen LogP contribution in [0.15, 0.2) is 36.4 Å². The van der Waals surface area contributed by atoms with E-state index in [9.17, 15) is 0 Å². The third-order valence-corrected chi connectivity index (χ3v) is 6.14. The van der Waals surface area contributed by atoms with E-state index in [4.69, 9.17) is 9.97 Å². The first kappa shape index (κ1) is 19.2. The SMILES string of the molecule is CN(C)c1nc(N[C@H]2CC[C@@H](NCC3CC=CCC3)CC2)nc2ccccc12. The average molecular weight is 380 g/mol. The molecule has 2 aliphatic rings. The topological polar surface area (TPSA) is 53.1 Å². The van der Waals surface area contributed by atoms with Crippen LogP contribution in [0.25, 0.3) is 10.9 Å². The normalized spacial score (nSPS) is 25.0. The van der Waals surface area contributed by atoms with Crippen molar-refractivity contribution >= 4 is 22.7 Å². The van der Waals surface area contributed by atoms with Gasteiger partial charge < -0.3 is 15.5 Å². The summed E-state index contributed by atoms with van der Waals surface area (Å²) >= 11 is 0. The van der Waals surface area contributed by atoms with Gasteiger partial charge in [-0.3, -0.25) is 0 Å². The molecule has 1 fully saturated rings. The van der Waals surface area contributed by atoms with Crippen LogP contribution in [0.4, 0.5) is 11.8 Å². The maximum atomic E-state index is 4.79. The van der Waals surface area contributed by atoms with Crippen molar-refractivity contribution in [3.05, 3.63) is 36.4 Å². The third-order valence-electron chi connectivity index (χ3n) is 6.14. The van der Waals surface area contributed by atoms with Crippen molar-refractivity contribution in [3.8, 4) is 0 Å². The van der Waals surface area contributed by atoms with Gasteiger partial charge in [0.15, 0.2) is 0 Å². The number of hydrogen-bond donors (Lipinski definition) is 2. The number of aromatic nitrogens is 2. The first-order chi connectivity index (χ1) is 13.7. The Labute approximate surface area is 168 Å². The van der Waals surface area contributed by atoms with Crippen LogP contribution in [0.5, 0.6) is 0 Å². The molecule has 0 aliphatic heterocycles. The molecule has 0 radical (unpaired) electrons. The van der Waals surface area contributed by atoms with Gasteiger partial charge in [-0.25, -0.2) is 4.98 Å². The molecule has 2 aromatic rings. The van der Waals surface area contributed by atoms with E-state index in [0.717, 1.165) is 28.6 Å². The first-order valence-corrected chi connectivity index (χ1v) is 10.8. The lowest BCUT2D eigenvalue weighted by Crippen LogP contribution is -2.39. The van der Waals surface area contributed by atoms with E-state index >= 15 is 0 Å². The molecule has 4 rings (SSSR count). The summed E-state index contributed by atoms with van der Waals surface area (Å²) in [7, 11) is 4.08. The summed E-state index contributed by atoms with van der Waals surface area (Å²) in [5, 5.41) is 8.53. The minimum Gasteiger partial charge on any atom is -0.362 e. The molecule has 5 nitrogen and oxygen atoms in total. The number of hydrogen-bond acceptors (Lipinski definition) is 5. The highest BCUT2D eigenvalue weighted by atomic mass is 15.2. The number of para-hydroxylation sites is 1. The van der Waals surface area contributed by atoms with Gasteiger partial charge in [0.25, 0.3) is 0 Å². The highest BCUT2D eigenvalue weighted by Crippen LogP contribution is 2.26. The summed E-state index contributed by atoms with van der Waals surface area (Å²) < 4.78 is 0. The molecule has 28 heavy (non-hydrogen) atoms. The molecule has 0 amide bonds. The maximum absolute atomic E-state index is 4.79. The van der Waals surface area contributed by atoms with E-state index in [1.807, 2.05) is 26.2 Å². The predicted octanol–water partition coefficient (Wildman–Crippen LogP) is 4.36. The number of nitrogens with zero attached hydrogens (tertiary/aromatic N) is 3. The largest absolute Gasteiger partial charge is 0.362 e. The number of allylic oxidation sites excluding steroid dienone is 2. The summed E-state index contributed by atoms with van der Waals surface area (Å²) in [5.41, 5.74) is 1.00. The molecule has 1 saturated carbocycles. The summed E-state index contributed by atoms with van der Waals surface area (Å²) in [6, 6.07) is 9.37. The van der Waals surface area contributed by atoms with Crippen LogP contribution in [-0.2, 0) is 0 Å². The Kier molecular flexibility index (Phi) is 6.10. The van der Waals surface area contributed by atoms with Crippen molar-refractivity contribution < 1.29 is 0 Å². The second-order valence-electron chi connectivity index (χ2n) is 8.53. The van der Waals surface area contributed by atoms with Crippen molar-refractivity contribution in [2.45, 2.75) is 57.0 Å². The molecule has 2 N–H and O–H groups in total. The Bertz CT molecular complexity index is 808. The maximum Gasteiger partial charge on any atom is 0.225 e. The predicted molar refractivity (Wildman–Crippen MR) is 118 cm³/mol. The second kappa shape index (κ2) is 8.91. The zero-order chi connectivity index (χ0) is 19.3. The molecular formula is C23H33N5. The third kappa shape index (κ3) is 4.64. The van der Waals surface area contributed by atoms with Crippen molar-refractivity contribution in [1.29, 1.82) is 0 Å². The van der Waals surface area contributed by atoms with Gasteiger partial charge in [-0.1, -0.05) is 24.3 Å². The molecule has 0 spiro atoms. The Hall–Kier alpha value is -2.14. The lowest BCUT2D eigenvalue weighted by Gasteiger charge is -2.31. The fourth-order valence-corrected chi connectivity index (χ4v) is 4.46. The summed E-state index contributed by atoms with van der Waals surface area (Å²) in [6.45, 7) is 1.17. The van der Waals surface area contributed by atoms with Crippen LogP contribution >= 0.6 is 0 Å². The smallest absolute Gasteiger partial charge is 0.225 e. The highest BCUT2D eigenvalue weighted by Gasteiger charge is 2.23. The number of fused-ring (bicyclic) bond motifs is 1. The standard InChI is InChI=1S/C23H33N5/c1-28(2)22-20-10-6-7-11-21(20)26-23(27-22)25-19-14-12-18(13-15-19)24-16-17-8-4-3-5-9-17/h3-4,6-7,10-11,17-19,24H,5,8-9,12-16H2,1-2H3,(H,25,26,27)/t17?,18-,19+. The van der Waals surface area contributed by atoms with E-state index in [1.54, 1.807) is 0 Å². The average Bonchev–Trinajstić information content (AvgIpc) is 2.73. The number of benzene rings is 1. The van der Waals surface area contributed by atoms with Crippen LogP contribution in [-0.4, -0.2) is 42.7 Å². The molecule has 1 aromatic heterocycles. The van der Waals surface area contributed by atoms with E-state index in [2.05, 4.69) is 39.8 Å². The van der Waals surface area contributed by atoms with Crippen LogP contribution in [0.3, 0.4) is 0 Å². The Morgan fingerprint density at radius 3 is 2.50 bits per heavy atom. The molecule has 5 heteroatoms. The van der Waals surface area contributed by atoms with Crippen LogP contribution in [0.2, 0.25) is 0 Å². The Morgan fingerprint density at radius 2 is 1.75 bits per heavy atom. The molecule has 1 aromatic carbocycles. The molecule has 150 valence electrons. The van der Waals surface area contributed by atoms with E-state index < -0.39 is 0 Å². The van der Waals surface area contributed by atoms with Gasteiger partial charge in [0.2, 0.25) is 5.95 Å². The summed E-state index contributed by atoms with van der Waals surface area (Å²) in [5.74, 6) is 2.56. The van der Waals surface area contributed by atoms with Crippen molar-refractivity contribution in [3.63, 3.8) is 0 Å². The van der Waals surface area contributed by atoms with Gasteiger partial charge >= 0.3 is 0 Å². The Morgan fingerprint density at radius 1 is 0.964 bits per heavy atom. The molecule has 1 atom stereocenters. The summed E-state index contributed by atoms with van der Waals surface area (Å²) in [4.78, 5) is 11.6. The van der Waals surface area contributed by atoms with Crippen LogP contribution < -0.4 is 15.5 Å². The molecule has 0 saturated heterocycles. The molecule has 0 bridgehead atoms. The van der Waals surface area contributed by atoms with E-state index in [0.29, 0.717) is 12.1 Å². The molecule has 1 unspecified atom stereocenters. The van der Waals surface area contributed by atoms with E-state index in [-0.39, 0.29) is 0 Å². The molecule has 2 aliphatic carbocycles. The minimum absolute atomic E-state index is 0.465. The molecular weight excluding hydrogens is 346 g/mol. The minimum atomic E-state index is 0.465. The number of rotatable bonds is 6. The van der Waals surface area contributed by atoms with Crippen molar-refractivity contribution in [2.24, 2.45) is 5.92 Å². The van der Waals surface area contributed by atoms with Gasteiger partial charge in [0.05, 0.1) is 5.52 Å². The lowest BCUT2D eigenvalue weighted by atomic mass is 9.89. The zero-order valence-corrected chi connectivity index (χ0v) is 17.2. The number of anilines is 2. The quantitative estimate of drug-likeness (QED) is 0.730. The Balaban J connectivity index is 1.32. The highest BCUT2D eigenvalue weighted by molar-refractivity contribution is 5.90. The van der Waals surface area contributed by atoms with Gasteiger partial charge in [0, 0.05) is 31.6 Å². The van der Waals surface area contributed by atoms with Crippen LogP contribution in [0.1, 0.15) is 44.9 Å². The number of nitrogens with one attached hydrogen (secondary N) is 2. The van der Waals surface area contributed by atoms with E-state index in [1.165, 1.54) is 51.5 Å². The zero-order valence-electron chi connectivity index (χ0n) is 17.2. The summed E-state index contributed by atoms with van der Waals surface area (Å²) in [6.07, 6.45) is 13.3. The van der Waals surface area contributed by atoms with Crippen molar-refractivity contribution in [2.75, 3.05) is 30.9 Å². The fraction of sp³-hybridized carbons (Fsp3) is 0.565. The lowest BCUT2D eigenvalue weighted by molar-refractivity contribution is 0.324. The first-order valence-electron chi connectivity index (χ1n) is 10.8. The van der Waals surface area contributed by atoms with Crippen LogP contribution in [0, 0.1) is 5.92 Å². The molecule has 1 heterocycles. The van der Waals surface area contributed by atoms with Gasteiger partial charge in [0.1, 0.15) is 5.82 Å². The van der Waals surface area contributed by atoms with Gasteiger partial charge in [-0.2, -0.15) is 4.98 Å². The van der Waals surface area contributed by atoms with Crippen molar-refractivity contribution in [1.82, 2.24) is 15.3 Å². The second-order valence-corrected chi connectivity index (χ2v) is 8.53. The van der Waals surface area contributed by atoms with Gasteiger partial charge in [-0.05, 0) is 69.5 Å². The fourth-order valence-electron chi connectivity index (χ4n) is 4.46. The monoisotopic (exact) mass is 379 g/mol. The van der Waals surface area contributed by atoms with Gasteiger partial charge in [-0.15, -0.1) is 0 Å².